The van der Waals surface area contributed by atoms with Gasteiger partial charge in [-0.2, -0.15) is 5.26 Å². The number of halogens is 1. The van der Waals surface area contributed by atoms with Gasteiger partial charge in [0.2, 0.25) is 0 Å². The number of nitro groups is 1. The Morgan fingerprint density at radius 2 is 2.18 bits per heavy atom. The molecule has 2 aromatic rings. The quantitative estimate of drug-likeness (QED) is 0.588. The lowest BCUT2D eigenvalue weighted by molar-refractivity contribution is -0.385. The van der Waals surface area contributed by atoms with Crippen molar-refractivity contribution in [2.24, 2.45) is 0 Å². The maximum absolute atomic E-state index is 13.7. The van der Waals surface area contributed by atoms with Crippen LogP contribution in [-0.2, 0) is 0 Å². The normalized spacial score (nSPS) is 9.88. The molecular formula is C11H6FN3O2. The molecule has 0 aliphatic carbocycles. The Kier molecular flexibility index (Phi) is 2.58. The zero-order chi connectivity index (χ0) is 12.4. The summed E-state index contributed by atoms with van der Waals surface area (Å²) in [6.07, 6.45) is 1.52. The molecule has 0 bridgehead atoms. The van der Waals surface area contributed by atoms with Crippen molar-refractivity contribution in [3.8, 4) is 11.8 Å². The van der Waals surface area contributed by atoms with Gasteiger partial charge in [0.05, 0.1) is 16.7 Å². The summed E-state index contributed by atoms with van der Waals surface area (Å²) in [7, 11) is 0. The first kappa shape index (κ1) is 10.8. The van der Waals surface area contributed by atoms with E-state index in [1.807, 2.05) is 6.07 Å². The smallest absolute Gasteiger partial charge is 0.272 e. The van der Waals surface area contributed by atoms with Gasteiger partial charge in [0.15, 0.2) is 5.82 Å². The number of rotatable bonds is 2. The van der Waals surface area contributed by atoms with Crippen LogP contribution in [0.25, 0.3) is 5.69 Å². The zero-order valence-corrected chi connectivity index (χ0v) is 8.50. The fourth-order valence-electron chi connectivity index (χ4n) is 1.49. The highest BCUT2D eigenvalue weighted by Gasteiger charge is 2.13. The van der Waals surface area contributed by atoms with E-state index in [1.165, 1.54) is 29.0 Å². The van der Waals surface area contributed by atoms with Gasteiger partial charge in [0.1, 0.15) is 11.8 Å². The second kappa shape index (κ2) is 4.06. The molecule has 1 aromatic carbocycles. The maximum Gasteiger partial charge on any atom is 0.272 e. The van der Waals surface area contributed by atoms with E-state index >= 15 is 0 Å². The molecule has 1 aromatic heterocycles. The molecule has 84 valence electrons. The average molecular weight is 231 g/mol. The van der Waals surface area contributed by atoms with Gasteiger partial charge in [0.25, 0.3) is 5.69 Å². The molecule has 0 aliphatic heterocycles. The van der Waals surface area contributed by atoms with Crippen molar-refractivity contribution >= 4 is 5.69 Å². The monoisotopic (exact) mass is 231 g/mol. The number of aromatic nitrogens is 1. The van der Waals surface area contributed by atoms with Crippen molar-refractivity contribution in [1.29, 1.82) is 5.26 Å². The van der Waals surface area contributed by atoms with Gasteiger partial charge in [0, 0.05) is 12.3 Å². The first-order valence-corrected chi connectivity index (χ1v) is 4.65. The van der Waals surface area contributed by atoms with Crippen LogP contribution in [0.5, 0.6) is 0 Å². The number of nitriles is 1. The number of hydrogen-bond acceptors (Lipinski definition) is 3. The van der Waals surface area contributed by atoms with Crippen LogP contribution in [0.15, 0.2) is 36.5 Å². The van der Waals surface area contributed by atoms with E-state index in [0.717, 1.165) is 6.07 Å². The highest BCUT2D eigenvalue weighted by atomic mass is 19.1. The van der Waals surface area contributed by atoms with Crippen LogP contribution in [0.1, 0.15) is 5.69 Å². The first-order chi connectivity index (χ1) is 8.13. The second-order valence-corrected chi connectivity index (χ2v) is 3.27. The fraction of sp³-hybridized carbons (Fsp3) is 0. The lowest BCUT2D eigenvalue weighted by atomic mass is 10.2. The predicted molar refractivity (Wildman–Crippen MR) is 57.1 cm³/mol. The van der Waals surface area contributed by atoms with Crippen LogP contribution in [0, 0.1) is 27.3 Å². The molecule has 0 saturated heterocycles. The Morgan fingerprint density at radius 1 is 1.41 bits per heavy atom. The molecule has 0 spiro atoms. The van der Waals surface area contributed by atoms with Gasteiger partial charge < -0.3 is 4.57 Å². The molecule has 0 unspecified atom stereocenters. The van der Waals surface area contributed by atoms with E-state index in [0.29, 0.717) is 0 Å². The predicted octanol–water partition coefficient (Wildman–Crippen LogP) is 2.40. The Labute approximate surface area is 95.5 Å². The molecule has 6 heteroatoms. The Bertz CT molecular complexity index is 628. The van der Waals surface area contributed by atoms with Crippen LogP contribution in [0.2, 0.25) is 0 Å². The van der Waals surface area contributed by atoms with Crippen LogP contribution in [0.4, 0.5) is 10.1 Å². The molecule has 0 N–H and O–H groups in total. The van der Waals surface area contributed by atoms with Crippen LogP contribution >= 0.6 is 0 Å². The molecular weight excluding hydrogens is 225 g/mol. The standard InChI is InChI=1S/C11H6FN3O2/c12-10-6-8(15(16)17)3-4-11(10)14-5-1-2-9(14)7-13/h1-6H. The summed E-state index contributed by atoms with van der Waals surface area (Å²) < 4.78 is 15.0. The van der Waals surface area contributed by atoms with E-state index in [9.17, 15) is 14.5 Å². The number of non-ortho nitro benzene ring substituents is 1. The van der Waals surface area contributed by atoms with Crippen molar-refractivity contribution in [2.75, 3.05) is 0 Å². The van der Waals surface area contributed by atoms with Crippen LogP contribution < -0.4 is 0 Å². The number of nitrogens with zero attached hydrogens (tertiary/aromatic N) is 3. The van der Waals surface area contributed by atoms with Gasteiger partial charge in [-0.3, -0.25) is 10.1 Å². The highest BCUT2D eigenvalue weighted by molar-refractivity contribution is 5.45. The Hall–Kier alpha value is -2.68. The molecule has 1 heterocycles. The van der Waals surface area contributed by atoms with Crippen LogP contribution in [-0.4, -0.2) is 9.49 Å². The van der Waals surface area contributed by atoms with Gasteiger partial charge in [-0.05, 0) is 18.2 Å². The topological polar surface area (TPSA) is 71.9 Å². The van der Waals surface area contributed by atoms with Crippen molar-refractivity contribution in [3.63, 3.8) is 0 Å². The summed E-state index contributed by atoms with van der Waals surface area (Å²) in [5, 5.41) is 19.3. The average Bonchev–Trinajstić information content (AvgIpc) is 2.76. The molecule has 0 atom stereocenters. The molecule has 0 fully saturated rings. The summed E-state index contributed by atoms with van der Waals surface area (Å²) in [6, 6.07) is 8.32. The minimum atomic E-state index is -0.744. The SMILES string of the molecule is N#Cc1cccn1-c1ccc([N+](=O)[O-])cc1F. The molecule has 0 aliphatic rings. The largest absolute Gasteiger partial charge is 0.305 e. The van der Waals surface area contributed by atoms with E-state index in [1.54, 1.807) is 6.07 Å². The van der Waals surface area contributed by atoms with E-state index in [-0.39, 0.29) is 17.1 Å². The van der Waals surface area contributed by atoms with Gasteiger partial charge in [-0.1, -0.05) is 0 Å². The lowest BCUT2D eigenvalue weighted by Crippen LogP contribution is -1.99. The van der Waals surface area contributed by atoms with Crippen molar-refractivity contribution < 1.29 is 9.31 Å². The van der Waals surface area contributed by atoms with Crippen molar-refractivity contribution in [2.45, 2.75) is 0 Å². The third-order valence-electron chi connectivity index (χ3n) is 2.26. The Morgan fingerprint density at radius 3 is 2.76 bits per heavy atom. The summed E-state index contributed by atoms with van der Waals surface area (Å²) in [4.78, 5) is 9.78. The molecule has 2 rings (SSSR count). The third-order valence-corrected chi connectivity index (χ3v) is 2.26. The molecule has 5 nitrogen and oxygen atoms in total. The van der Waals surface area contributed by atoms with E-state index < -0.39 is 10.7 Å². The van der Waals surface area contributed by atoms with Crippen molar-refractivity contribution in [3.05, 3.63) is 58.2 Å². The highest BCUT2D eigenvalue weighted by Crippen LogP contribution is 2.21. The van der Waals surface area contributed by atoms with E-state index in [2.05, 4.69) is 0 Å². The summed E-state index contributed by atoms with van der Waals surface area (Å²) in [6.45, 7) is 0. The second-order valence-electron chi connectivity index (χ2n) is 3.27. The van der Waals surface area contributed by atoms with Gasteiger partial charge in [-0.25, -0.2) is 4.39 Å². The minimum Gasteiger partial charge on any atom is -0.305 e. The maximum atomic E-state index is 13.7. The first-order valence-electron chi connectivity index (χ1n) is 4.65. The summed E-state index contributed by atoms with van der Waals surface area (Å²) >= 11 is 0. The minimum absolute atomic E-state index is 0.108. The fourth-order valence-corrected chi connectivity index (χ4v) is 1.49. The molecule has 17 heavy (non-hydrogen) atoms. The van der Waals surface area contributed by atoms with Crippen molar-refractivity contribution in [1.82, 2.24) is 4.57 Å². The van der Waals surface area contributed by atoms with Crippen LogP contribution in [0.3, 0.4) is 0 Å². The summed E-state index contributed by atoms with van der Waals surface area (Å²) in [5.41, 5.74) is 0.0480. The molecule has 0 amide bonds. The molecule has 0 radical (unpaired) electrons. The Balaban J connectivity index is 2.55. The van der Waals surface area contributed by atoms with Gasteiger partial charge >= 0.3 is 0 Å². The number of nitro benzene ring substituents is 1. The number of hydrogen-bond donors (Lipinski definition) is 0. The summed E-state index contributed by atoms with van der Waals surface area (Å²) in [5.74, 6) is -0.744. The van der Waals surface area contributed by atoms with E-state index in [4.69, 9.17) is 5.26 Å². The number of benzene rings is 1. The zero-order valence-electron chi connectivity index (χ0n) is 8.50. The third kappa shape index (κ3) is 1.86. The van der Waals surface area contributed by atoms with Gasteiger partial charge in [-0.15, -0.1) is 0 Å². The molecule has 0 saturated carbocycles. The lowest BCUT2D eigenvalue weighted by Gasteiger charge is -2.05.